The van der Waals surface area contributed by atoms with Crippen LogP contribution in [0.1, 0.15) is 17.3 Å². The third kappa shape index (κ3) is 3.38. The first-order chi connectivity index (χ1) is 9.10. The van der Waals surface area contributed by atoms with Crippen LogP contribution in [0.25, 0.3) is 0 Å². The molecule has 1 atom stereocenters. The fourth-order valence-corrected chi connectivity index (χ4v) is 2.68. The number of Topliss-reactive ketones (excluding diaryl/α,β-unsaturated/α-hetero) is 1. The van der Waals surface area contributed by atoms with Crippen LogP contribution in [0.5, 0.6) is 5.75 Å². The molecule has 0 aliphatic carbocycles. The highest BCUT2D eigenvalue weighted by Gasteiger charge is 2.17. The van der Waals surface area contributed by atoms with Crippen molar-refractivity contribution in [3.63, 3.8) is 0 Å². The van der Waals surface area contributed by atoms with Gasteiger partial charge in [0, 0.05) is 23.7 Å². The van der Waals surface area contributed by atoms with Crippen LogP contribution in [0.15, 0.2) is 41.6 Å². The predicted molar refractivity (Wildman–Crippen MR) is 75.9 cm³/mol. The molecule has 4 nitrogen and oxygen atoms in total. The van der Waals surface area contributed by atoms with Crippen molar-refractivity contribution in [3.05, 3.63) is 42.2 Å². The summed E-state index contributed by atoms with van der Waals surface area (Å²) in [6.45, 7) is 1.91. The molecule has 0 amide bonds. The lowest BCUT2D eigenvalue weighted by atomic mass is 10.1. The van der Waals surface area contributed by atoms with E-state index in [0.29, 0.717) is 5.56 Å². The largest absolute Gasteiger partial charge is 0.497 e. The molecule has 2 aromatic rings. The zero-order valence-corrected chi connectivity index (χ0v) is 12.0. The lowest BCUT2D eigenvalue weighted by Crippen LogP contribution is -2.13. The number of ether oxygens (including phenoxy) is 1. The highest BCUT2D eigenvalue weighted by molar-refractivity contribution is 8.00. The second kappa shape index (κ2) is 5.93. The summed E-state index contributed by atoms with van der Waals surface area (Å²) in [6, 6.07) is 7.19. The molecule has 0 saturated heterocycles. The van der Waals surface area contributed by atoms with Crippen molar-refractivity contribution in [1.82, 2.24) is 9.78 Å². The van der Waals surface area contributed by atoms with Gasteiger partial charge in [-0.05, 0) is 31.2 Å². The fraction of sp³-hybridized carbons (Fsp3) is 0.286. The number of hydrogen-bond donors (Lipinski definition) is 0. The van der Waals surface area contributed by atoms with Gasteiger partial charge in [0.15, 0.2) is 5.78 Å². The first kappa shape index (κ1) is 13.7. The Kier molecular flexibility index (Phi) is 4.27. The van der Waals surface area contributed by atoms with Gasteiger partial charge < -0.3 is 4.74 Å². The standard InChI is InChI=1S/C14H16N2O2S/c1-10(19-13-8-15-16(2)9-13)14(17)11-4-6-12(18-3)7-5-11/h4-10H,1-3H3. The maximum atomic E-state index is 12.3. The van der Waals surface area contributed by atoms with E-state index in [4.69, 9.17) is 4.74 Å². The quantitative estimate of drug-likeness (QED) is 0.622. The van der Waals surface area contributed by atoms with Crippen LogP contribution in [0, 0.1) is 0 Å². The molecule has 5 heteroatoms. The summed E-state index contributed by atoms with van der Waals surface area (Å²) in [5.41, 5.74) is 0.699. The maximum absolute atomic E-state index is 12.3. The fourth-order valence-electron chi connectivity index (χ4n) is 1.71. The minimum absolute atomic E-state index is 0.108. The zero-order valence-electron chi connectivity index (χ0n) is 11.2. The molecule has 0 spiro atoms. The van der Waals surface area contributed by atoms with Gasteiger partial charge in [0.2, 0.25) is 0 Å². The summed E-state index contributed by atoms with van der Waals surface area (Å²) in [4.78, 5) is 13.3. The molecular formula is C14H16N2O2S. The molecule has 2 rings (SSSR count). The maximum Gasteiger partial charge on any atom is 0.175 e. The average Bonchev–Trinajstić information content (AvgIpc) is 2.83. The second-order valence-corrected chi connectivity index (χ2v) is 5.62. The topological polar surface area (TPSA) is 44.1 Å². The molecule has 1 unspecified atom stereocenters. The van der Waals surface area contributed by atoms with Crippen molar-refractivity contribution in [1.29, 1.82) is 0 Å². The molecule has 1 aromatic heterocycles. The van der Waals surface area contributed by atoms with E-state index in [2.05, 4.69) is 5.10 Å². The van der Waals surface area contributed by atoms with Gasteiger partial charge in [-0.1, -0.05) is 0 Å². The molecule has 0 fully saturated rings. The summed E-state index contributed by atoms with van der Waals surface area (Å²) >= 11 is 1.51. The predicted octanol–water partition coefficient (Wildman–Crippen LogP) is 2.79. The lowest BCUT2D eigenvalue weighted by molar-refractivity contribution is 0.0994. The summed E-state index contributed by atoms with van der Waals surface area (Å²) < 4.78 is 6.81. The van der Waals surface area contributed by atoms with Crippen LogP contribution in [-0.4, -0.2) is 27.9 Å². The third-order valence-electron chi connectivity index (χ3n) is 2.74. The number of rotatable bonds is 5. The number of carbonyl (C=O) groups excluding carboxylic acids is 1. The van der Waals surface area contributed by atoms with Gasteiger partial charge in [0.25, 0.3) is 0 Å². The minimum Gasteiger partial charge on any atom is -0.497 e. The van der Waals surface area contributed by atoms with E-state index in [1.807, 2.05) is 20.2 Å². The Hall–Kier alpha value is -1.75. The van der Waals surface area contributed by atoms with Crippen LogP contribution in [-0.2, 0) is 7.05 Å². The van der Waals surface area contributed by atoms with Crippen molar-refractivity contribution in [2.75, 3.05) is 7.11 Å². The SMILES string of the molecule is COc1ccc(C(=O)C(C)Sc2cnn(C)c2)cc1. The Bertz CT molecular complexity index is 563. The Morgan fingerprint density at radius 3 is 2.58 bits per heavy atom. The molecule has 0 saturated carbocycles. The van der Waals surface area contributed by atoms with Gasteiger partial charge >= 0.3 is 0 Å². The normalized spacial score (nSPS) is 12.2. The molecule has 0 N–H and O–H groups in total. The number of aryl methyl sites for hydroxylation is 1. The van der Waals surface area contributed by atoms with Gasteiger partial charge in [-0.25, -0.2) is 0 Å². The Morgan fingerprint density at radius 2 is 2.05 bits per heavy atom. The number of nitrogens with zero attached hydrogens (tertiary/aromatic N) is 2. The molecular weight excluding hydrogens is 260 g/mol. The summed E-state index contributed by atoms with van der Waals surface area (Å²) in [5, 5.41) is 3.95. The molecule has 0 radical (unpaired) electrons. The van der Waals surface area contributed by atoms with Crippen molar-refractivity contribution in [3.8, 4) is 5.75 Å². The van der Waals surface area contributed by atoms with Crippen LogP contribution < -0.4 is 4.74 Å². The monoisotopic (exact) mass is 276 g/mol. The summed E-state index contributed by atoms with van der Waals surface area (Å²) in [6.07, 6.45) is 3.67. The van der Waals surface area contributed by atoms with Gasteiger partial charge in [0.05, 0.1) is 18.6 Å². The van der Waals surface area contributed by atoms with Crippen molar-refractivity contribution < 1.29 is 9.53 Å². The number of hydrogen-bond acceptors (Lipinski definition) is 4. The van der Waals surface area contributed by atoms with Gasteiger partial charge in [-0.3, -0.25) is 9.48 Å². The molecule has 19 heavy (non-hydrogen) atoms. The molecule has 1 heterocycles. The van der Waals surface area contributed by atoms with Gasteiger partial charge in [0.1, 0.15) is 5.75 Å². The van der Waals surface area contributed by atoms with E-state index in [1.54, 1.807) is 42.3 Å². The Morgan fingerprint density at radius 1 is 1.37 bits per heavy atom. The van der Waals surface area contributed by atoms with Gasteiger partial charge in [-0.2, -0.15) is 5.10 Å². The molecule has 0 aliphatic heterocycles. The highest BCUT2D eigenvalue weighted by Crippen LogP contribution is 2.25. The number of ketones is 1. The van der Waals surface area contributed by atoms with Crippen LogP contribution in [0.3, 0.4) is 0 Å². The first-order valence-corrected chi connectivity index (χ1v) is 6.81. The number of thioether (sulfide) groups is 1. The number of benzene rings is 1. The van der Waals surface area contributed by atoms with E-state index in [9.17, 15) is 4.79 Å². The van der Waals surface area contributed by atoms with Crippen LogP contribution in [0.2, 0.25) is 0 Å². The number of carbonyl (C=O) groups is 1. The number of aromatic nitrogens is 2. The molecule has 0 bridgehead atoms. The Labute approximate surface area is 116 Å². The molecule has 100 valence electrons. The average molecular weight is 276 g/mol. The van der Waals surface area contributed by atoms with Crippen molar-refractivity contribution in [2.45, 2.75) is 17.1 Å². The van der Waals surface area contributed by atoms with Crippen molar-refractivity contribution >= 4 is 17.5 Å². The zero-order chi connectivity index (χ0) is 13.8. The summed E-state index contributed by atoms with van der Waals surface area (Å²) in [7, 11) is 3.47. The van der Waals surface area contributed by atoms with Gasteiger partial charge in [-0.15, -0.1) is 11.8 Å². The first-order valence-electron chi connectivity index (χ1n) is 5.93. The second-order valence-electron chi connectivity index (χ2n) is 4.20. The van der Waals surface area contributed by atoms with E-state index < -0.39 is 0 Å². The number of methoxy groups -OCH3 is 1. The molecule has 0 aliphatic rings. The minimum atomic E-state index is -0.141. The van der Waals surface area contributed by atoms with E-state index in [1.165, 1.54) is 11.8 Å². The van der Waals surface area contributed by atoms with Crippen LogP contribution in [0.4, 0.5) is 0 Å². The highest BCUT2D eigenvalue weighted by atomic mass is 32.2. The lowest BCUT2D eigenvalue weighted by Gasteiger charge is -2.09. The van der Waals surface area contributed by atoms with E-state index in [0.717, 1.165) is 10.6 Å². The smallest absolute Gasteiger partial charge is 0.175 e. The Balaban J connectivity index is 2.05. The summed E-state index contributed by atoms with van der Waals surface area (Å²) in [5.74, 6) is 0.862. The third-order valence-corrected chi connectivity index (χ3v) is 3.79. The van der Waals surface area contributed by atoms with Crippen LogP contribution >= 0.6 is 11.8 Å². The molecule has 1 aromatic carbocycles. The van der Waals surface area contributed by atoms with E-state index in [-0.39, 0.29) is 11.0 Å². The van der Waals surface area contributed by atoms with E-state index >= 15 is 0 Å². The van der Waals surface area contributed by atoms with Crippen molar-refractivity contribution in [2.24, 2.45) is 7.05 Å².